The van der Waals surface area contributed by atoms with Crippen molar-refractivity contribution >= 4 is 5.69 Å². The van der Waals surface area contributed by atoms with Crippen LogP contribution in [0.4, 0.5) is 27.6 Å². The third-order valence-corrected chi connectivity index (χ3v) is 3.23. The molecule has 0 aliphatic carbocycles. The lowest BCUT2D eigenvalue weighted by atomic mass is 10.3. The standard InChI is InChI=1S/C15H10F5N5/c16-12-2-1-11(6-13(12)17)25-8-10(23-24-25)7-22-9-3-4-21-14(5-9)15(18,19)20/h1-6,8H,7H2,(H,21,22). The minimum absolute atomic E-state index is 0.0883. The molecule has 1 N–H and O–H groups in total. The molecule has 130 valence electrons. The number of hydrogen-bond acceptors (Lipinski definition) is 4. The molecule has 3 rings (SSSR count). The Hall–Kier alpha value is -3.04. The van der Waals surface area contributed by atoms with Crippen LogP contribution < -0.4 is 5.32 Å². The predicted octanol–water partition coefficient (Wildman–Crippen LogP) is 3.57. The van der Waals surface area contributed by atoms with Gasteiger partial charge in [0.25, 0.3) is 0 Å². The Bertz CT molecular complexity index is 890. The van der Waals surface area contributed by atoms with Crippen molar-refractivity contribution in [2.75, 3.05) is 5.32 Å². The molecule has 3 aromatic rings. The van der Waals surface area contributed by atoms with Crippen LogP contribution in [0.25, 0.3) is 5.69 Å². The van der Waals surface area contributed by atoms with Gasteiger partial charge in [0.1, 0.15) is 11.4 Å². The number of nitrogens with one attached hydrogen (secondary N) is 1. The Morgan fingerprint density at radius 2 is 1.84 bits per heavy atom. The molecule has 10 heteroatoms. The number of halogens is 5. The number of rotatable bonds is 4. The van der Waals surface area contributed by atoms with Gasteiger partial charge in [-0.3, -0.25) is 4.98 Å². The quantitative estimate of drug-likeness (QED) is 0.727. The van der Waals surface area contributed by atoms with Gasteiger partial charge >= 0.3 is 6.18 Å². The molecule has 25 heavy (non-hydrogen) atoms. The minimum Gasteiger partial charge on any atom is -0.379 e. The summed E-state index contributed by atoms with van der Waals surface area (Å²) in [5, 5.41) is 10.4. The van der Waals surface area contributed by atoms with Gasteiger partial charge in [-0.2, -0.15) is 13.2 Å². The normalized spacial score (nSPS) is 11.6. The van der Waals surface area contributed by atoms with E-state index in [9.17, 15) is 22.0 Å². The molecule has 0 bridgehead atoms. The third-order valence-electron chi connectivity index (χ3n) is 3.23. The molecule has 0 saturated heterocycles. The average molecular weight is 355 g/mol. The summed E-state index contributed by atoms with van der Waals surface area (Å²) in [6.07, 6.45) is -2.04. The fourth-order valence-electron chi connectivity index (χ4n) is 2.02. The van der Waals surface area contributed by atoms with Gasteiger partial charge in [-0.1, -0.05) is 5.21 Å². The van der Waals surface area contributed by atoms with Crippen molar-refractivity contribution in [1.82, 2.24) is 20.0 Å². The first-order chi connectivity index (χ1) is 11.8. The molecule has 0 fully saturated rings. The highest BCUT2D eigenvalue weighted by molar-refractivity contribution is 5.44. The molecule has 0 amide bonds. The van der Waals surface area contributed by atoms with E-state index in [-0.39, 0.29) is 17.9 Å². The maximum Gasteiger partial charge on any atom is 0.433 e. The fraction of sp³-hybridized carbons (Fsp3) is 0.133. The van der Waals surface area contributed by atoms with Crippen LogP contribution in [0.15, 0.2) is 42.7 Å². The van der Waals surface area contributed by atoms with E-state index in [1.54, 1.807) is 0 Å². The minimum atomic E-state index is -4.53. The Morgan fingerprint density at radius 1 is 1.04 bits per heavy atom. The van der Waals surface area contributed by atoms with E-state index >= 15 is 0 Å². The number of nitrogens with zero attached hydrogens (tertiary/aromatic N) is 4. The van der Waals surface area contributed by atoms with Gasteiger partial charge in [0.15, 0.2) is 11.6 Å². The molecule has 2 heterocycles. The first-order valence-corrected chi connectivity index (χ1v) is 6.97. The molecule has 0 unspecified atom stereocenters. The van der Waals surface area contributed by atoms with Gasteiger partial charge in [0.05, 0.1) is 18.4 Å². The van der Waals surface area contributed by atoms with Gasteiger partial charge in [0, 0.05) is 18.0 Å². The van der Waals surface area contributed by atoms with Gasteiger partial charge in [0.2, 0.25) is 0 Å². The summed E-state index contributed by atoms with van der Waals surface area (Å²) in [7, 11) is 0. The van der Waals surface area contributed by atoms with E-state index in [1.165, 1.54) is 23.0 Å². The summed E-state index contributed by atoms with van der Waals surface area (Å²) in [6, 6.07) is 5.50. The van der Waals surface area contributed by atoms with Crippen LogP contribution >= 0.6 is 0 Å². The molecule has 0 aliphatic rings. The van der Waals surface area contributed by atoms with Crippen LogP contribution in [-0.4, -0.2) is 20.0 Å². The predicted molar refractivity (Wildman–Crippen MR) is 77.8 cm³/mol. The lowest BCUT2D eigenvalue weighted by Gasteiger charge is -2.08. The lowest BCUT2D eigenvalue weighted by molar-refractivity contribution is -0.141. The van der Waals surface area contributed by atoms with Gasteiger partial charge in [-0.25, -0.2) is 13.5 Å². The maximum atomic E-state index is 13.2. The first kappa shape index (κ1) is 16.8. The zero-order valence-electron chi connectivity index (χ0n) is 12.4. The van der Waals surface area contributed by atoms with Gasteiger partial charge in [-0.05, 0) is 24.3 Å². The molecular weight excluding hydrogens is 345 g/mol. The van der Waals surface area contributed by atoms with Crippen LogP contribution in [0.1, 0.15) is 11.4 Å². The second-order valence-corrected chi connectivity index (χ2v) is 5.03. The maximum absolute atomic E-state index is 13.2. The summed E-state index contributed by atoms with van der Waals surface area (Å²) in [6.45, 7) is 0.0883. The van der Waals surface area contributed by atoms with E-state index in [1.807, 2.05) is 0 Å². The van der Waals surface area contributed by atoms with Crippen molar-refractivity contribution in [3.8, 4) is 5.69 Å². The Labute approximate surface area is 138 Å². The van der Waals surface area contributed by atoms with Gasteiger partial charge in [-0.15, -0.1) is 5.10 Å². The Balaban J connectivity index is 1.71. The summed E-state index contributed by atoms with van der Waals surface area (Å²) in [4.78, 5) is 3.26. The molecule has 0 atom stereocenters. The molecule has 5 nitrogen and oxygen atoms in total. The van der Waals surface area contributed by atoms with E-state index < -0.39 is 23.5 Å². The average Bonchev–Trinajstić information content (AvgIpc) is 3.04. The number of pyridine rings is 1. The number of aromatic nitrogens is 4. The van der Waals surface area contributed by atoms with Crippen molar-refractivity contribution in [3.05, 3.63) is 65.7 Å². The summed E-state index contributed by atoms with van der Waals surface area (Å²) < 4.78 is 65.2. The van der Waals surface area contributed by atoms with E-state index in [0.29, 0.717) is 5.69 Å². The molecule has 0 aliphatic heterocycles. The van der Waals surface area contributed by atoms with E-state index in [2.05, 4.69) is 20.6 Å². The third kappa shape index (κ3) is 3.90. The number of benzene rings is 1. The fourth-order valence-corrected chi connectivity index (χ4v) is 2.02. The van der Waals surface area contributed by atoms with Crippen LogP contribution in [0.5, 0.6) is 0 Å². The van der Waals surface area contributed by atoms with Crippen LogP contribution in [0.2, 0.25) is 0 Å². The highest BCUT2D eigenvalue weighted by atomic mass is 19.4. The molecular formula is C15H10F5N5. The largest absolute Gasteiger partial charge is 0.433 e. The summed E-state index contributed by atoms with van der Waals surface area (Å²) in [5.41, 5.74) is -0.135. The number of hydrogen-bond donors (Lipinski definition) is 1. The Morgan fingerprint density at radius 3 is 2.56 bits per heavy atom. The summed E-state index contributed by atoms with van der Waals surface area (Å²) in [5.74, 6) is -2.01. The Kier molecular flexibility index (Phi) is 4.34. The summed E-state index contributed by atoms with van der Waals surface area (Å²) >= 11 is 0. The topological polar surface area (TPSA) is 55.6 Å². The zero-order chi connectivity index (χ0) is 18.0. The monoisotopic (exact) mass is 355 g/mol. The van der Waals surface area contributed by atoms with Crippen LogP contribution in [0, 0.1) is 11.6 Å². The van der Waals surface area contributed by atoms with Crippen LogP contribution in [0.3, 0.4) is 0 Å². The number of alkyl halides is 3. The highest BCUT2D eigenvalue weighted by Gasteiger charge is 2.32. The molecule has 0 saturated carbocycles. The zero-order valence-corrected chi connectivity index (χ0v) is 12.4. The van der Waals surface area contributed by atoms with Crippen molar-refractivity contribution in [2.45, 2.75) is 12.7 Å². The first-order valence-electron chi connectivity index (χ1n) is 6.97. The van der Waals surface area contributed by atoms with Crippen molar-refractivity contribution in [1.29, 1.82) is 0 Å². The molecule has 2 aromatic heterocycles. The smallest absolute Gasteiger partial charge is 0.379 e. The second kappa shape index (κ2) is 6.46. The molecule has 0 radical (unpaired) electrons. The van der Waals surface area contributed by atoms with Crippen molar-refractivity contribution < 1.29 is 22.0 Å². The highest BCUT2D eigenvalue weighted by Crippen LogP contribution is 2.28. The van der Waals surface area contributed by atoms with E-state index in [4.69, 9.17) is 0 Å². The lowest BCUT2D eigenvalue weighted by Crippen LogP contribution is -2.09. The second-order valence-electron chi connectivity index (χ2n) is 5.03. The van der Waals surface area contributed by atoms with Crippen LogP contribution in [-0.2, 0) is 12.7 Å². The van der Waals surface area contributed by atoms with Gasteiger partial charge < -0.3 is 5.32 Å². The molecule has 1 aromatic carbocycles. The molecule has 0 spiro atoms. The SMILES string of the molecule is Fc1ccc(-n2cc(CNc3ccnc(C(F)(F)F)c3)nn2)cc1F. The van der Waals surface area contributed by atoms with E-state index in [0.717, 1.165) is 24.4 Å². The van der Waals surface area contributed by atoms with Crippen molar-refractivity contribution in [2.24, 2.45) is 0 Å². The van der Waals surface area contributed by atoms with Crippen molar-refractivity contribution in [3.63, 3.8) is 0 Å². The number of anilines is 1.